The van der Waals surface area contributed by atoms with E-state index in [4.69, 9.17) is 5.11 Å². The zero-order chi connectivity index (χ0) is 20.5. The number of aromatic nitrogens is 5. The summed E-state index contributed by atoms with van der Waals surface area (Å²) in [7, 11) is 0. The Hall–Kier alpha value is -3.25. The average molecular weight is 476 g/mol. The highest BCUT2D eigenvalue weighted by molar-refractivity contribution is 9.10. The van der Waals surface area contributed by atoms with E-state index in [9.17, 15) is 9.59 Å². The molecule has 0 spiro atoms. The van der Waals surface area contributed by atoms with Crippen molar-refractivity contribution in [3.8, 4) is 0 Å². The van der Waals surface area contributed by atoms with Gasteiger partial charge >= 0.3 is 5.97 Å². The molecule has 12 heteroatoms. The quantitative estimate of drug-likeness (QED) is 0.335. The number of carbonyl (C=O) groups excluding carboxylic acids is 1. The molecule has 4 rings (SSSR count). The van der Waals surface area contributed by atoms with Crippen LogP contribution < -0.4 is 10.6 Å². The first-order valence-corrected chi connectivity index (χ1v) is 9.93. The second-order valence-electron chi connectivity index (χ2n) is 6.11. The van der Waals surface area contributed by atoms with Crippen molar-refractivity contribution in [1.82, 2.24) is 25.0 Å². The Morgan fingerprint density at radius 1 is 1.34 bits per heavy atom. The molecular weight excluding hydrogens is 462 g/mol. The Bertz CT molecular complexity index is 1230. The number of aliphatic carboxylic acids is 1. The number of anilines is 3. The summed E-state index contributed by atoms with van der Waals surface area (Å²) in [5.41, 5.74) is 2.19. The third kappa shape index (κ3) is 3.98. The number of nitrogens with one attached hydrogen (secondary N) is 3. The Kier molecular flexibility index (Phi) is 5.03. The molecule has 1 amide bonds. The van der Waals surface area contributed by atoms with Crippen molar-refractivity contribution in [2.45, 2.75) is 13.5 Å². The lowest BCUT2D eigenvalue weighted by molar-refractivity contribution is -0.137. The van der Waals surface area contributed by atoms with Crippen molar-refractivity contribution >= 4 is 66.7 Å². The molecule has 3 aromatic heterocycles. The summed E-state index contributed by atoms with van der Waals surface area (Å²) in [6, 6.07) is 3.69. The molecule has 0 atom stereocenters. The summed E-state index contributed by atoms with van der Waals surface area (Å²) in [6.45, 7) is 1.57. The maximum absolute atomic E-state index is 12.7. The number of aromatic amines is 1. The van der Waals surface area contributed by atoms with Gasteiger partial charge in [0.2, 0.25) is 0 Å². The summed E-state index contributed by atoms with van der Waals surface area (Å²) < 4.78 is 2.06. The number of nitrogens with zero attached hydrogens (tertiary/aromatic N) is 4. The van der Waals surface area contributed by atoms with Crippen molar-refractivity contribution in [3.63, 3.8) is 0 Å². The number of hydrogen-bond acceptors (Lipinski definition) is 7. The number of fused-ring (bicyclic) bond motifs is 1. The molecule has 3 heterocycles. The zero-order valence-corrected chi connectivity index (χ0v) is 17.3. The molecule has 1 aromatic carbocycles. The Balaban J connectivity index is 1.51. The fourth-order valence-corrected chi connectivity index (χ4v) is 3.85. The molecular formula is C17H14BrN7O3S. The lowest BCUT2D eigenvalue weighted by Gasteiger charge is -2.07. The van der Waals surface area contributed by atoms with Gasteiger partial charge in [0.15, 0.2) is 10.9 Å². The molecule has 4 N–H and O–H groups in total. The number of halogens is 1. The third-order valence-electron chi connectivity index (χ3n) is 4.01. The van der Waals surface area contributed by atoms with Crippen LogP contribution in [0.4, 0.5) is 16.6 Å². The smallest absolute Gasteiger partial charge is 0.325 e. The predicted octanol–water partition coefficient (Wildman–Crippen LogP) is 3.37. The van der Waals surface area contributed by atoms with Crippen molar-refractivity contribution in [2.75, 3.05) is 10.6 Å². The van der Waals surface area contributed by atoms with Gasteiger partial charge in [-0.2, -0.15) is 10.2 Å². The van der Waals surface area contributed by atoms with Crippen LogP contribution in [0.3, 0.4) is 0 Å². The van der Waals surface area contributed by atoms with Gasteiger partial charge in [-0.3, -0.25) is 19.4 Å². The van der Waals surface area contributed by atoms with E-state index in [0.29, 0.717) is 21.5 Å². The number of carboxylic acid groups (broad SMARTS) is 1. The first-order chi connectivity index (χ1) is 13.9. The van der Waals surface area contributed by atoms with Crippen LogP contribution in [0.2, 0.25) is 0 Å². The van der Waals surface area contributed by atoms with Gasteiger partial charge in [-0.1, -0.05) is 11.3 Å². The van der Waals surface area contributed by atoms with E-state index in [-0.39, 0.29) is 12.5 Å². The van der Waals surface area contributed by atoms with Crippen LogP contribution in [0, 0.1) is 6.92 Å². The first-order valence-electron chi connectivity index (χ1n) is 8.32. The third-order valence-corrected chi connectivity index (χ3v) is 5.58. The molecule has 0 saturated heterocycles. The van der Waals surface area contributed by atoms with Crippen LogP contribution in [-0.2, 0) is 11.3 Å². The van der Waals surface area contributed by atoms with E-state index in [1.165, 1.54) is 10.9 Å². The largest absolute Gasteiger partial charge is 0.480 e. The van der Waals surface area contributed by atoms with Crippen LogP contribution in [0.1, 0.15) is 15.2 Å². The van der Waals surface area contributed by atoms with E-state index in [0.717, 1.165) is 32.3 Å². The van der Waals surface area contributed by atoms with E-state index in [1.807, 2.05) is 12.1 Å². The van der Waals surface area contributed by atoms with Gasteiger partial charge in [-0.25, -0.2) is 4.98 Å². The van der Waals surface area contributed by atoms with Crippen molar-refractivity contribution in [3.05, 3.63) is 45.6 Å². The van der Waals surface area contributed by atoms with Crippen LogP contribution in [-0.4, -0.2) is 41.9 Å². The normalized spacial score (nSPS) is 11.0. The Morgan fingerprint density at radius 2 is 2.17 bits per heavy atom. The van der Waals surface area contributed by atoms with Gasteiger partial charge in [-0.05, 0) is 35.0 Å². The van der Waals surface area contributed by atoms with Gasteiger partial charge < -0.3 is 15.7 Å². The van der Waals surface area contributed by atoms with E-state index < -0.39 is 5.97 Å². The Morgan fingerprint density at radius 3 is 2.97 bits per heavy atom. The van der Waals surface area contributed by atoms with Gasteiger partial charge in [0.25, 0.3) is 5.91 Å². The van der Waals surface area contributed by atoms with E-state index in [2.05, 4.69) is 46.8 Å². The molecule has 0 aliphatic heterocycles. The SMILES string of the molecule is Cc1cn(CC(=O)O)nc1Nc1ncc(C(=O)Nc2c(Br)ccc3[nH]ncc23)s1. The molecule has 4 aromatic rings. The molecule has 148 valence electrons. The standard InChI is InChI=1S/C17H14BrN7O3S/c1-8-6-25(7-13(26)27)24-15(8)22-17-19-5-12(29-17)16(28)21-14-9-4-20-23-11(9)3-2-10(14)18/h2-6H,7H2,1H3,(H,20,23)(H,21,28)(H,26,27)(H,19,22,24). The lowest BCUT2D eigenvalue weighted by atomic mass is 10.2. The van der Waals surface area contributed by atoms with E-state index in [1.54, 1.807) is 19.3 Å². The lowest BCUT2D eigenvalue weighted by Crippen LogP contribution is -2.10. The van der Waals surface area contributed by atoms with Crippen LogP contribution in [0.5, 0.6) is 0 Å². The van der Waals surface area contributed by atoms with Crippen LogP contribution in [0.25, 0.3) is 10.9 Å². The maximum atomic E-state index is 12.7. The molecule has 0 bridgehead atoms. The van der Waals surface area contributed by atoms with Crippen LogP contribution in [0.15, 0.2) is 35.2 Å². The number of amides is 1. The zero-order valence-electron chi connectivity index (χ0n) is 14.9. The summed E-state index contributed by atoms with van der Waals surface area (Å²) >= 11 is 4.61. The minimum Gasteiger partial charge on any atom is -0.480 e. The monoisotopic (exact) mass is 475 g/mol. The maximum Gasteiger partial charge on any atom is 0.325 e. The number of hydrogen-bond donors (Lipinski definition) is 4. The molecule has 0 unspecified atom stereocenters. The Labute approximate surface area is 176 Å². The molecule has 0 saturated carbocycles. The van der Waals surface area contributed by atoms with Gasteiger partial charge in [0.1, 0.15) is 11.4 Å². The highest BCUT2D eigenvalue weighted by Gasteiger charge is 2.16. The fourth-order valence-electron chi connectivity index (χ4n) is 2.70. The molecule has 0 radical (unpaired) electrons. The van der Waals surface area contributed by atoms with Crippen molar-refractivity contribution in [1.29, 1.82) is 0 Å². The first kappa shape index (κ1) is 19.1. The minimum absolute atomic E-state index is 0.234. The summed E-state index contributed by atoms with van der Waals surface area (Å²) in [5, 5.41) is 27.1. The number of benzene rings is 1. The van der Waals surface area contributed by atoms with E-state index >= 15 is 0 Å². The summed E-state index contributed by atoms with van der Waals surface area (Å²) in [4.78, 5) is 28.1. The predicted molar refractivity (Wildman–Crippen MR) is 112 cm³/mol. The number of H-pyrrole nitrogens is 1. The molecule has 10 nitrogen and oxygen atoms in total. The minimum atomic E-state index is -0.981. The van der Waals surface area contributed by atoms with Crippen molar-refractivity contribution in [2.24, 2.45) is 0 Å². The topological polar surface area (TPSA) is 138 Å². The average Bonchev–Trinajstić information content (AvgIpc) is 3.38. The number of thiazole rings is 1. The highest BCUT2D eigenvalue weighted by atomic mass is 79.9. The van der Waals surface area contributed by atoms with Gasteiger partial charge in [0.05, 0.1) is 23.6 Å². The summed E-state index contributed by atoms with van der Waals surface area (Å²) in [5.74, 6) is -0.803. The summed E-state index contributed by atoms with van der Waals surface area (Å²) in [6.07, 6.45) is 4.74. The molecule has 0 aliphatic carbocycles. The van der Waals surface area contributed by atoms with Crippen LogP contribution >= 0.6 is 27.3 Å². The number of aryl methyl sites for hydroxylation is 1. The van der Waals surface area contributed by atoms with Gasteiger partial charge in [-0.15, -0.1) is 0 Å². The molecule has 0 aliphatic rings. The second kappa shape index (κ2) is 7.64. The number of carbonyl (C=O) groups is 2. The number of rotatable bonds is 6. The number of carboxylic acids is 1. The second-order valence-corrected chi connectivity index (χ2v) is 8.00. The molecule has 29 heavy (non-hydrogen) atoms. The van der Waals surface area contributed by atoms with Crippen molar-refractivity contribution < 1.29 is 14.7 Å². The highest BCUT2D eigenvalue weighted by Crippen LogP contribution is 2.31. The fraction of sp³-hybridized carbons (Fsp3) is 0.118. The van der Waals surface area contributed by atoms with Gasteiger partial charge in [0, 0.05) is 21.6 Å². The molecule has 0 fully saturated rings.